The first-order valence-corrected chi connectivity index (χ1v) is 6.06. The Morgan fingerprint density at radius 3 is 2.82 bits per heavy atom. The van der Waals surface area contributed by atoms with Crippen LogP contribution in [0, 0.1) is 11.3 Å². The molecule has 92 valence electrons. The molecule has 0 heterocycles. The smallest absolute Gasteiger partial charge is 0.101 e. The summed E-state index contributed by atoms with van der Waals surface area (Å²) in [5.74, 6) is 0. The summed E-state index contributed by atoms with van der Waals surface area (Å²) in [7, 11) is 0. The molecule has 0 aliphatic rings. The van der Waals surface area contributed by atoms with Crippen molar-refractivity contribution in [3.05, 3.63) is 28.8 Å². The fraction of sp³-hybridized carbons (Fsp3) is 0.462. The molecule has 0 aliphatic carbocycles. The minimum Gasteiger partial charge on any atom is -0.385 e. The highest BCUT2D eigenvalue weighted by atomic mass is 35.5. The summed E-state index contributed by atoms with van der Waals surface area (Å²) in [6.45, 7) is 5.62. The Labute approximate surface area is 107 Å². The molecule has 0 aromatic heterocycles. The van der Waals surface area contributed by atoms with E-state index in [9.17, 15) is 0 Å². The van der Waals surface area contributed by atoms with Crippen molar-refractivity contribution in [2.45, 2.75) is 26.4 Å². The van der Waals surface area contributed by atoms with Crippen LogP contribution in [-0.2, 0) is 4.74 Å². The molecule has 4 heteroatoms. The van der Waals surface area contributed by atoms with E-state index in [0.29, 0.717) is 10.6 Å². The van der Waals surface area contributed by atoms with Gasteiger partial charge in [-0.15, -0.1) is 0 Å². The van der Waals surface area contributed by atoms with E-state index in [1.165, 1.54) is 0 Å². The van der Waals surface area contributed by atoms with Gasteiger partial charge >= 0.3 is 0 Å². The van der Waals surface area contributed by atoms with Crippen LogP contribution < -0.4 is 5.32 Å². The number of benzene rings is 1. The molecule has 0 bridgehead atoms. The molecule has 17 heavy (non-hydrogen) atoms. The Hall–Kier alpha value is -1.24. The SMILES string of the molecule is CC(C)OCCCNc1ccc(C#N)c(Cl)c1. The summed E-state index contributed by atoms with van der Waals surface area (Å²) >= 11 is 5.92. The topological polar surface area (TPSA) is 45.0 Å². The highest BCUT2D eigenvalue weighted by Crippen LogP contribution is 2.19. The number of halogens is 1. The van der Waals surface area contributed by atoms with Gasteiger partial charge in [0.25, 0.3) is 0 Å². The van der Waals surface area contributed by atoms with Crippen molar-refractivity contribution in [3.8, 4) is 6.07 Å². The molecule has 0 radical (unpaired) electrons. The number of anilines is 1. The van der Waals surface area contributed by atoms with Gasteiger partial charge in [0.15, 0.2) is 0 Å². The molecule has 0 spiro atoms. The van der Waals surface area contributed by atoms with E-state index < -0.39 is 0 Å². The predicted molar refractivity (Wildman–Crippen MR) is 70.4 cm³/mol. The maximum absolute atomic E-state index is 8.74. The van der Waals surface area contributed by atoms with Gasteiger partial charge in [0, 0.05) is 18.8 Å². The van der Waals surface area contributed by atoms with Crippen LogP contribution in [0.4, 0.5) is 5.69 Å². The van der Waals surface area contributed by atoms with Gasteiger partial charge in [-0.3, -0.25) is 0 Å². The monoisotopic (exact) mass is 252 g/mol. The first kappa shape index (κ1) is 13.8. The van der Waals surface area contributed by atoms with Gasteiger partial charge in [0.1, 0.15) is 6.07 Å². The third-order valence-corrected chi connectivity index (χ3v) is 2.50. The minimum absolute atomic E-state index is 0.277. The third kappa shape index (κ3) is 5.08. The van der Waals surface area contributed by atoms with Gasteiger partial charge in [0.2, 0.25) is 0 Å². The molecule has 3 nitrogen and oxygen atoms in total. The van der Waals surface area contributed by atoms with Crippen LogP contribution >= 0.6 is 11.6 Å². The lowest BCUT2D eigenvalue weighted by Gasteiger charge is -2.09. The van der Waals surface area contributed by atoms with Gasteiger partial charge in [-0.1, -0.05) is 11.6 Å². The maximum Gasteiger partial charge on any atom is 0.101 e. The highest BCUT2D eigenvalue weighted by Gasteiger charge is 2.00. The van der Waals surface area contributed by atoms with Gasteiger partial charge < -0.3 is 10.1 Å². The number of rotatable bonds is 6. The molecule has 1 aromatic carbocycles. The van der Waals surface area contributed by atoms with Crippen molar-refractivity contribution >= 4 is 17.3 Å². The van der Waals surface area contributed by atoms with Crippen molar-refractivity contribution in [2.75, 3.05) is 18.5 Å². The van der Waals surface area contributed by atoms with Gasteiger partial charge in [-0.2, -0.15) is 5.26 Å². The van der Waals surface area contributed by atoms with Crippen LogP contribution in [0.2, 0.25) is 5.02 Å². The number of nitrogens with zero attached hydrogens (tertiary/aromatic N) is 1. The average molecular weight is 253 g/mol. The third-order valence-electron chi connectivity index (χ3n) is 2.19. The minimum atomic E-state index is 0.277. The first-order chi connectivity index (χ1) is 8.13. The molecule has 0 fully saturated rings. The summed E-state index contributed by atoms with van der Waals surface area (Å²) < 4.78 is 5.43. The molecule has 0 saturated heterocycles. The Kier molecular flexibility index (Phi) is 5.82. The van der Waals surface area contributed by atoms with Crippen molar-refractivity contribution in [3.63, 3.8) is 0 Å². The lowest BCUT2D eigenvalue weighted by Crippen LogP contribution is -2.09. The summed E-state index contributed by atoms with van der Waals surface area (Å²) in [4.78, 5) is 0. The molecular formula is C13H17ClN2O. The zero-order valence-corrected chi connectivity index (χ0v) is 10.9. The number of hydrogen-bond acceptors (Lipinski definition) is 3. The van der Waals surface area contributed by atoms with E-state index >= 15 is 0 Å². The largest absolute Gasteiger partial charge is 0.385 e. The number of nitriles is 1. The molecule has 1 N–H and O–H groups in total. The Morgan fingerprint density at radius 2 is 2.24 bits per heavy atom. The molecular weight excluding hydrogens is 236 g/mol. The zero-order valence-electron chi connectivity index (χ0n) is 10.2. The summed E-state index contributed by atoms with van der Waals surface area (Å²) in [6, 6.07) is 7.37. The Balaban J connectivity index is 2.33. The molecule has 0 saturated carbocycles. The zero-order chi connectivity index (χ0) is 12.7. The summed E-state index contributed by atoms with van der Waals surface area (Å²) in [5.41, 5.74) is 1.43. The maximum atomic E-state index is 8.74. The van der Waals surface area contributed by atoms with E-state index in [1.54, 1.807) is 12.1 Å². The normalized spacial score (nSPS) is 10.3. The van der Waals surface area contributed by atoms with E-state index in [2.05, 4.69) is 5.32 Å². The lowest BCUT2D eigenvalue weighted by molar-refractivity contribution is 0.0787. The highest BCUT2D eigenvalue weighted by molar-refractivity contribution is 6.32. The number of nitrogens with one attached hydrogen (secondary N) is 1. The van der Waals surface area contributed by atoms with Gasteiger partial charge in [-0.05, 0) is 38.5 Å². The van der Waals surface area contributed by atoms with Crippen molar-refractivity contribution in [1.29, 1.82) is 5.26 Å². The Morgan fingerprint density at radius 1 is 1.47 bits per heavy atom. The number of hydrogen-bond donors (Lipinski definition) is 1. The molecule has 0 unspecified atom stereocenters. The van der Waals surface area contributed by atoms with E-state index in [-0.39, 0.29) is 6.10 Å². The van der Waals surface area contributed by atoms with Crippen molar-refractivity contribution in [1.82, 2.24) is 0 Å². The van der Waals surface area contributed by atoms with E-state index in [1.807, 2.05) is 26.0 Å². The van der Waals surface area contributed by atoms with Crippen LogP contribution in [0.3, 0.4) is 0 Å². The van der Waals surface area contributed by atoms with Crippen LogP contribution in [0.5, 0.6) is 0 Å². The van der Waals surface area contributed by atoms with Crippen LogP contribution in [-0.4, -0.2) is 19.3 Å². The average Bonchev–Trinajstić information content (AvgIpc) is 2.28. The molecule has 0 atom stereocenters. The first-order valence-electron chi connectivity index (χ1n) is 5.68. The van der Waals surface area contributed by atoms with Crippen molar-refractivity contribution < 1.29 is 4.74 Å². The molecule has 0 amide bonds. The summed E-state index contributed by atoms with van der Waals surface area (Å²) in [5, 5.41) is 12.5. The molecule has 1 aromatic rings. The lowest BCUT2D eigenvalue weighted by atomic mass is 10.2. The molecule has 1 rings (SSSR count). The molecule has 0 aliphatic heterocycles. The number of ether oxygens (including phenoxy) is 1. The predicted octanol–water partition coefficient (Wildman–Crippen LogP) is 3.44. The Bertz CT molecular complexity index is 399. The van der Waals surface area contributed by atoms with Gasteiger partial charge in [-0.25, -0.2) is 0 Å². The van der Waals surface area contributed by atoms with E-state index in [0.717, 1.165) is 25.3 Å². The quantitative estimate of drug-likeness (QED) is 0.789. The standard InChI is InChI=1S/C13H17ClN2O/c1-10(2)17-7-3-6-16-12-5-4-11(9-15)13(14)8-12/h4-5,8,10,16H,3,6-7H2,1-2H3. The second-order valence-corrected chi connectivity index (χ2v) is 4.41. The fourth-order valence-corrected chi connectivity index (χ4v) is 1.56. The second kappa shape index (κ2) is 7.16. The fourth-order valence-electron chi connectivity index (χ4n) is 1.34. The second-order valence-electron chi connectivity index (χ2n) is 4.01. The summed E-state index contributed by atoms with van der Waals surface area (Å²) in [6.07, 6.45) is 1.22. The van der Waals surface area contributed by atoms with Crippen LogP contribution in [0.15, 0.2) is 18.2 Å². The van der Waals surface area contributed by atoms with Crippen LogP contribution in [0.25, 0.3) is 0 Å². The van der Waals surface area contributed by atoms with Crippen molar-refractivity contribution in [2.24, 2.45) is 0 Å². The van der Waals surface area contributed by atoms with E-state index in [4.69, 9.17) is 21.6 Å². The van der Waals surface area contributed by atoms with Gasteiger partial charge in [0.05, 0.1) is 16.7 Å². The van der Waals surface area contributed by atoms with Crippen LogP contribution in [0.1, 0.15) is 25.8 Å².